The van der Waals surface area contributed by atoms with Crippen molar-refractivity contribution in [3.63, 3.8) is 0 Å². The van der Waals surface area contributed by atoms with Gasteiger partial charge in [0.15, 0.2) is 5.41 Å². The molecule has 6 atom stereocenters. The highest BCUT2D eigenvalue weighted by Crippen LogP contribution is 2.56. The largest absolute Gasteiger partial charge is 0.468 e. The Morgan fingerprint density at radius 1 is 1.22 bits per heavy atom. The third-order valence-electron chi connectivity index (χ3n) is 7.28. The third-order valence-corrected chi connectivity index (χ3v) is 7.28. The van der Waals surface area contributed by atoms with Crippen molar-refractivity contribution in [1.82, 2.24) is 4.98 Å². The van der Waals surface area contributed by atoms with Crippen LogP contribution in [-0.4, -0.2) is 30.1 Å². The third kappa shape index (κ3) is 3.61. The summed E-state index contributed by atoms with van der Waals surface area (Å²) in [4.78, 5) is 30.1. The minimum atomic E-state index is -1.26. The van der Waals surface area contributed by atoms with Crippen molar-refractivity contribution >= 4 is 18.0 Å². The second-order valence-corrected chi connectivity index (χ2v) is 9.06. The molecule has 1 aliphatic heterocycles. The maximum absolute atomic E-state index is 13.5. The summed E-state index contributed by atoms with van der Waals surface area (Å²) < 4.78 is 24.1. The summed E-state index contributed by atoms with van der Waals surface area (Å²) in [5.74, 6) is -1.23. The lowest BCUT2D eigenvalue weighted by Gasteiger charge is -2.45. The van der Waals surface area contributed by atoms with Crippen LogP contribution in [0.2, 0.25) is 0 Å². The predicted molar refractivity (Wildman–Crippen MR) is 119 cm³/mol. The standard InChI is InChI=1S/C26H28FNO4/c1-15-13-26(24(29)31-4)23(17(3)32-25(26)30)22(16(15)2)11-10-21-9-8-19(14-28-21)18-6-5-7-20(27)12-18/h5-12,14-17,22-23H,13H2,1-4H3/t15-,16+,17+,22-,23-,26+/m0/s1. The molecule has 0 bridgehead atoms. The Balaban J connectivity index is 1.63. The zero-order chi connectivity index (χ0) is 23.0. The Hall–Kier alpha value is -3.02. The number of nitrogens with zero attached hydrogens (tertiary/aromatic N) is 1. The number of aromatic nitrogens is 1. The molecule has 1 aliphatic carbocycles. The van der Waals surface area contributed by atoms with Gasteiger partial charge in [-0.15, -0.1) is 0 Å². The zero-order valence-electron chi connectivity index (χ0n) is 18.7. The Bertz CT molecular complexity index is 1040. The molecule has 1 saturated heterocycles. The molecular formula is C26H28FNO4. The molecule has 2 aliphatic rings. The second kappa shape index (κ2) is 8.49. The van der Waals surface area contributed by atoms with Gasteiger partial charge >= 0.3 is 11.9 Å². The maximum Gasteiger partial charge on any atom is 0.324 e. The van der Waals surface area contributed by atoms with Crippen molar-refractivity contribution in [3.8, 4) is 11.1 Å². The summed E-state index contributed by atoms with van der Waals surface area (Å²) in [6, 6.07) is 10.2. The number of cyclic esters (lactones) is 1. The van der Waals surface area contributed by atoms with Gasteiger partial charge in [0.25, 0.3) is 0 Å². The minimum absolute atomic E-state index is 0.0519. The summed E-state index contributed by atoms with van der Waals surface area (Å²) >= 11 is 0. The normalized spacial score (nSPS) is 31.9. The zero-order valence-corrected chi connectivity index (χ0v) is 18.7. The van der Waals surface area contributed by atoms with E-state index in [9.17, 15) is 14.0 Å². The van der Waals surface area contributed by atoms with Crippen molar-refractivity contribution in [2.45, 2.75) is 33.3 Å². The molecule has 0 amide bonds. The van der Waals surface area contributed by atoms with Crippen molar-refractivity contribution < 1.29 is 23.5 Å². The number of methoxy groups -OCH3 is 1. The molecule has 32 heavy (non-hydrogen) atoms. The fourth-order valence-corrected chi connectivity index (χ4v) is 5.48. The summed E-state index contributed by atoms with van der Waals surface area (Å²) in [5, 5.41) is 0. The number of carbonyl (C=O) groups is 2. The summed E-state index contributed by atoms with van der Waals surface area (Å²) in [7, 11) is 1.32. The van der Waals surface area contributed by atoms with E-state index in [-0.39, 0.29) is 35.6 Å². The fourth-order valence-electron chi connectivity index (χ4n) is 5.48. The van der Waals surface area contributed by atoms with Gasteiger partial charge in [0.1, 0.15) is 11.9 Å². The van der Waals surface area contributed by atoms with Crippen LogP contribution in [0.5, 0.6) is 0 Å². The van der Waals surface area contributed by atoms with Crippen LogP contribution in [0.25, 0.3) is 17.2 Å². The average Bonchev–Trinajstić information content (AvgIpc) is 3.04. The number of pyridine rings is 1. The average molecular weight is 438 g/mol. The number of ether oxygens (including phenoxy) is 2. The van der Waals surface area contributed by atoms with Gasteiger partial charge in [0, 0.05) is 17.7 Å². The van der Waals surface area contributed by atoms with Crippen molar-refractivity contribution in [3.05, 3.63) is 60.2 Å². The minimum Gasteiger partial charge on any atom is -0.468 e. The number of allylic oxidation sites excluding steroid dienone is 1. The number of halogens is 1. The van der Waals surface area contributed by atoms with E-state index in [1.165, 1.54) is 19.2 Å². The first-order valence-electron chi connectivity index (χ1n) is 11.0. The number of esters is 2. The number of carbonyl (C=O) groups excluding carboxylic acids is 2. The monoisotopic (exact) mass is 437 g/mol. The van der Waals surface area contributed by atoms with E-state index in [2.05, 4.69) is 18.8 Å². The van der Waals surface area contributed by atoms with Gasteiger partial charge in [-0.1, -0.05) is 38.1 Å². The smallest absolute Gasteiger partial charge is 0.324 e. The van der Waals surface area contributed by atoms with Gasteiger partial charge in [0.05, 0.1) is 12.8 Å². The summed E-state index contributed by atoms with van der Waals surface area (Å²) in [5.41, 5.74) is 1.08. The van der Waals surface area contributed by atoms with E-state index in [0.29, 0.717) is 6.42 Å². The predicted octanol–water partition coefficient (Wildman–Crippen LogP) is 4.91. The Kier molecular flexibility index (Phi) is 5.89. The van der Waals surface area contributed by atoms with Crippen molar-refractivity contribution in [1.29, 1.82) is 0 Å². The van der Waals surface area contributed by atoms with Crippen LogP contribution < -0.4 is 0 Å². The molecule has 2 heterocycles. The van der Waals surface area contributed by atoms with E-state index in [4.69, 9.17) is 9.47 Å². The maximum atomic E-state index is 13.5. The highest BCUT2D eigenvalue weighted by molar-refractivity contribution is 6.02. The van der Waals surface area contributed by atoms with Gasteiger partial charge in [-0.05, 0) is 60.9 Å². The van der Waals surface area contributed by atoms with Crippen LogP contribution in [0.4, 0.5) is 4.39 Å². The Morgan fingerprint density at radius 2 is 2.00 bits per heavy atom. The van der Waals surface area contributed by atoms with Gasteiger partial charge in [-0.2, -0.15) is 0 Å². The topological polar surface area (TPSA) is 65.5 Å². The first-order valence-corrected chi connectivity index (χ1v) is 11.0. The molecule has 168 valence electrons. The first kappa shape index (κ1) is 22.2. The van der Waals surface area contributed by atoms with Crippen LogP contribution in [-0.2, 0) is 19.1 Å². The first-order chi connectivity index (χ1) is 15.3. The number of benzene rings is 1. The van der Waals surface area contributed by atoms with E-state index >= 15 is 0 Å². The van der Waals surface area contributed by atoms with Crippen LogP contribution in [0.15, 0.2) is 48.7 Å². The SMILES string of the molecule is COC(=O)[C@@]12C[C@H](C)[C@@H](C)[C@H](C=Cc3ccc(-c4cccc(F)c4)cn3)[C@@H]1[C@@H](C)OC2=O. The van der Waals surface area contributed by atoms with E-state index in [1.54, 1.807) is 12.3 Å². The second-order valence-electron chi connectivity index (χ2n) is 9.06. The van der Waals surface area contributed by atoms with Crippen LogP contribution in [0.3, 0.4) is 0 Å². The Labute approximate surface area is 187 Å². The molecule has 1 aromatic heterocycles. The van der Waals surface area contributed by atoms with Gasteiger partial charge in [-0.3, -0.25) is 14.6 Å². The lowest BCUT2D eigenvalue weighted by Crippen LogP contribution is -2.52. The highest BCUT2D eigenvalue weighted by Gasteiger charge is 2.67. The molecule has 0 N–H and O–H groups in total. The van der Waals surface area contributed by atoms with Gasteiger partial charge in [-0.25, -0.2) is 4.39 Å². The number of hydrogen-bond acceptors (Lipinski definition) is 5. The van der Waals surface area contributed by atoms with E-state index in [0.717, 1.165) is 16.8 Å². The molecule has 5 nitrogen and oxygen atoms in total. The lowest BCUT2D eigenvalue weighted by molar-refractivity contribution is -0.169. The highest BCUT2D eigenvalue weighted by atomic mass is 19.1. The lowest BCUT2D eigenvalue weighted by atomic mass is 9.55. The fraction of sp³-hybridized carbons (Fsp3) is 0.423. The molecule has 0 spiro atoms. The molecule has 6 heteroatoms. The van der Waals surface area contributed by atoms with Gasteiger partial charge < -0.3 is 9.47 Å². The summed E-state index contributed by atoms with van der Waals surface area (Å²) in [6.07, 6.45) is 5.73. The van der Waals surface area contributed by atoms with Gasteiger partial charge in [0.2, 0.25) is 0 Å². The van der Waals surface area contributed by atoms with Crippen LogP contribution in [0.1, 0.15) is 32.9 Å². The van der Waals surface area contributed by atoms with Crippen LogP contribution >= 0.6 is 0 Å². The molecule has 1 aromatic carbocycles. The molecule has 1 saturated carbocycles. The summed E-state index contributed by atoms with van der Waals surface area (Å²) in [6.45, 7) is 6.06. The number of hydrogen-bond donors (Lipinski definition) is 0. The van der Waals surface area contributed by atoms with E-state index < -0.39 is 17.4 Å². The molecule has 4 rings (SSSR count). The molecule has 0 unspecified atom stereocenters. The van der Waals surface area contributed by atoms with Crippen LogP contribution in [0, 0.1) is 34.9 Å². The van der Waals surface area contributed by atoms with E-state index in [1.807, 2.05) is 37.3 Å². The molecule has 2 aromatic rings. The Morgan fingerprint density at radius 3 is 2.66 bits per heavy atom. The molecule has 0 radical (unpaired) electrons. The molecule has 2 fully saturated rings. The van der Waals surface area contributed by atoms with Crippen molar-refractivity contribution in [2.24, 2.45) is 29.1 Å². The quantitative estimate of drug-likeness (QED) is 0.502. The number of rotatable bonds is 4. The number of fused-ring (bicyclic) bond motifs is 1. The molecular weight excluding hydrogens is 409 g/mol. The van der Waals surface area contributed by atoms with Crippen molar-refractivity contribution in [2.75, 3.05) is 7.11 Å².